The van der Waals surface area contributed by atoms with Crippen molar-refractivity contribution < 1.29 is 4.79 Å². The van der Waals surface area contributed by atoms with Crippen molar-refractivity contribution in [1.29, 1.82) is 0 Å². The third-order valence-electron chi connectivity index (χ3n) is 2.73. The fourth-order valence-corrected chi connectivity index (χ4v) is 2.58. The zero-order valence-corrected chi connectivity index (χ0v) is 10.5. The first-order valence-corrected chi connectivity index (χ1v) is 6.95. The van der Waals surface area contributed by atoms with E-state index in [1.165, 1.54) is 12.8 Å². The van der Waals surface area contributed by atoms with Crippen LogP contribution in [0.5, 0.6) is 0 Å². The molecule has 0 radical (unpaired) electrons. The summed E-state index contributed by atoms with van der Waals surface area (Å²) in [5.74, 6) is 0.0703. The number of rotatable bonds is 3. The number of amides is 1. The number of hydrogen-bond acceptors (Lipinski definition) is 3. The highest BCUT2D eigenvalue weighted by molar-refractivity contribution is 7.99. The highest BCUT2D eigenvalue weighted by Crippen LogP contribution is 2.26. The van der Waals surface area contributed by atoms with E-state index < -0.39 is 0 Å². The van der Waals surface area contributed by atoms with E-state index in [-0.39, 0.29) is 11.2 Å². The number of thiol groups is 1. The minimum Gasteiger partial charge on any atom is -0.352 e. The summed E-state index contributed by atoms with van der Waals surface area (Å²) in [6, 6.07) is 0.389. The molecule has 2 nitrogen and oxygen atoms in total. The summed E-state index contributed by atoms with van der Waals surface area (Å²) >= 11 is 6.06. The Morgan fingerprint density at radius 3 is 2.43 bits per heavy atom. The fraction of sp³-hybridized carbons (Fsp3) is 0.900. The molecular weight excluding hydrogens is 214 g/mol. The standard InChI is InChI=1S/C10H19NOS2/c1-7(13)10(12)11-8-3-5-9(14-2)6-4-8/h7-9,13H,3-6H2,1-2H3,(H,11,12). The first kappa shape index (κ1) is 12.2. The highest BCUT2D eigenvalue weighted by Gasteiger charge is 2.22. The van der Waals surface area contributed by atoms with E-state index >= 15 is 0 Å². The van der Waals surface area contributed by atoms with Crippen LogP contribution < -0.4 is 5.32 Å². The molecule has 0 aliphatic heterocycles. The smallest absolute Gasteiger partial charge is 0.232 e. The summed E-state index contributed by atoms with van der Waals surface area (Å²) in [7, 11) is 0. The second-order valence-corrected chi connectivity index (χ2v) is 5.81. The molecule has 0 spiro atoms. The summed E-state index contributed by atoms with van der Waals surface area (Å²) in [4.78, 5) is 11.4. The van der Waals surface area contributed by atoms with Gasteiger partial charge in [-0.1, -0.05) is 0 Å². The van der Waals surface area contributed by atoms with Crippen molar-refractivity contribution in [2.45, 2.75) is 49.1 Å². The van der Waals surface area contributed by atoms with Gasteiger partial charge in [-0.15, -0.1) is 0 Å². The van der Waals surface area contributed by atoms with Crippen molar-refractivity contribution in [1.82, 2.24) is 5.32 Å². The average molecular weight is 233 g/mol. The topological polar surface area (TPSA) is 29.1 Å². The average Bonchev–Trinajstić information content (AvgIpc) is 2.19. The summed E-state index contributed by atoms with van der Waals surface area (Å²) in [6.45, 7) is 1.81. The molecule has 0 aromatic rings. The molecule has 82 valence electrons. The molecule has 1 atom stereocenters. The molecule has 1 rings (SSSR count). The predicted octanol–water partition coefficient (Wildman–Crippen LogP) is 2.10. The van der Waals surface area contributed by atoms with Gasteiger partial charge in [-0.2, -0.15) is 24.4 Å². The minimum absolute atomic E-state index is 0.0703. The van der Waals surface area contributed by atoms with Crippen molar-refractivity contribution in [2.24, 2.45) is 0 Å². The van der Waals surface area contributed by atoms with Crippen LogP contribution in [0.2, 0.25) is 0 Å². The molecule has 0 aromatic heterocycles. The first-order chi connectivity index (χ1) is 6.63. The van der Waals surface area contributed by atoms with Gasteiger partial charge in [0.15, 0.2) is 0 Å². The van der Waals surface area contributed by atoms with E-state index in [0.717, 1.165) is 18.1 Å². The minimum atomic E-state index is -0.187. The van der Waals surface area contributed by atoms with Gasteiger partial charge in [0.1, 0.15) is 0 Å². The molecule has 1 aliphatic rings. The van der Waals surface area contributed by atoms with Gasteiger partial charge < -0.3 is 5.32 Å². The number of carbonyl (C=O) groups excluding carboxylic acids is 1. The van der Waals surface area contributed by atoms with Crippen molar-refractivity contribution in [3.8, 4) is 0 Å². The number of carbonyl (C=O) groups is 1. The van der Waals surface area contributed by atoms with Crippen molar-refractivity contribution >= 4 is 30.3 Å². The molecule has 1 saturated carbocycles. The van der Waals surface area contributed by atoms with Gasteiger partial charge >= 0.3 is 0 Å². The molecule has 1 unspecified atom stereocenters. The van der Waals surface area contributed by atoms with E-state index in [4.69, 9.17) is 0 Å². The van der Waals surface area contributed by atoms with Crippen LogP contribution in [-0.4, -0.2) is 28.7 Å². The highest BCUT2D eigenvalue weighted by atomic mass is 32.2. The Kier molecular flexibility index (Phi) is 5.17. The maximum absolute atomic E-state index is 11.4. The summed E-state index contributed by atoms with van der Waals surface area (Å²) in [5, 5.41) is 3.65. The summed E-state index contributed by atoms with van der Waals surface area (Å²) < 4.78 is 0. The summed E-state index contributed by atoms with van der Waals surface area (Å²) in [6.07, 6.45) is 6.87. The molecule has 1 aliphatic carbocycles. The van der Waals surface area contributed by atoms with E-state index in [2.05, 4.69) is 24.2 Å². The van der Waals surface area contributed by atoms with Crippen LogP contribution >= 0.6 is 24.4 Å². The number of nitrogens with one attached hydrogen (secondary N) is 1. The van der Waals surface area contributed by atoms with Crippen LogP contribution in [0.3, 0.4) is 0 Å². The van der Waals surface area contributed by atoms with Crippen LogP contribution in [0.25, 0.3) is 0 Å². The van der Waals surface area contributed by atoms with Crippen molar-refractivity contribution in [2.75, 3.05) is 6.26 Å². The Bertz CT molecular complexity index is 189. The lowest BCUT2D eigenvalue weighted by atomic mass is 9.95. The normalized spacial score (nSPS) is 29.6. The molecule has 1 fully saturated rings. The van der Waals surface area contributed by atoms with E-state index in [0.29, 0.717) is 6.04 Å². The van der Waals surface area contributed by atoms with Gasteiger partial charge in [-0.3, -0.25) is 4.79 Å². The lowest BCUT2D eigenvalue weighted by Gasteiger charge is -2.28. The Morgan fingerprint density at radius 1 is 1.43 bits per heavy atom. The van der Waals surface area contributed by atoms with Gasteiger partial charge in [-0.05, 0) is 38.9 Å². The Balaban J connectivity index is 2.25. The number of thioether (sulfide) groups is 1. The van der Waals surface area contributed by atoms with Crippen LogP contribution in [0.4, 0.5) is 0 Å². The second kappa shape index (κ2) is 5.91. The van der Waals surface area contributed by atoms with Gasteiger partial charge in [-0.25, -0.2) is 0 Å². The van der Waals surface area contributed by atoms with Gasteiger partial charge in [0.25, 0.3) is 0 Å². The lowest BCUT2D eigenvalue weighted by molar-refractivity contribution is -0.121. The molecule has 1 N–H and O–H groups in total. The monoisotopic (exact) mass is 233 g/mol. The van der Waals surface area contributed by atoms with Gasteiger partial charge in [0.05, 0.1) is 5.25 Å². The molecule has 1 amide bonds. The Morgan fingerprint density at radius 2 is 2.00 bits per heavy atom. The second-order valence-electron chi connectivity index (χ2n) is 3.89. The number of hydrogen-bond donors (Lipinski definition) is 2. The first-order valence-electron chi connectivity index (χ1n) is 5.14. The van der Waals surface area contributed by atoms with Gasteiger partial charge in [0, 0.05) is 11.3 Å². The van der Waals surface area contributed by atoms with Crippen LogP contribution in [0, 0.1) is 0 Å². The third-order valence-corrected chi connectivity index (χ3v) is 4.11. The van der Waals surface area contributed by atoms with E-state index in [1.807, 2.05) is 18.7 Å². The molecule has 4 heteroatoms. The largest absolute Gasteiger partial charge is 0.352 e. The molecule has 0 bridgehead atoms. The molecule has 0 aromatic carbocycles. The van der Waals surface area contributed by atoms with Crippen LogP contribution in [-0.2, 0) is 4.79 Å². The molecule has 0 heterocycles. The zero-order valence-electron chi connectivity index (χ0n) is 8.82. The maximum atomic E-state index is 11.4. The van der Waals surface area contributed by atoms with Crippen LogP contribution in [0.15, 0.2) is 0 Å². The SMILES string of the molecule is CSC1CCC(NC(=O)C(C)S)CC1. The van der Waals surface area contributed by atoms with Crippen LogP contribution in [0.1, 0.15) is 32.6 Å². The zero-order chi connectivity index (χ0) is 10.6. The molecule has 0 saturated heterocycles. The maximum Gasteiger partial charge on any atom is 0.232 e. The quantitative estimate of drug-likeness (QED) is 0.731. The summed E-state index contributed by atoms with van der Waals surface area (Å²) in [5.41, 5.74) is 0. The Hall–Kier alpha value is 0.170. The Labute approximate surface area is 96.0 Å². The molecule has 14 heavy (non-hydrogen) atoms. The van der Waals surface area contributed by atoms with Gasteiger partial charge in [0.2, 0.25) is 5.91 Å². The lowest BCUT2D eigenvalue weighted by Crippen LogP contribution is -2.41. The fourth-order valence-electron chi connectivity index (χ4n) is 1.76. The van der Waals surface area contributed by atoms with Crippen molar-refractivity contribution in [3.63, 3.8) is 0 Å². The van der Waals surface area contributed by atoms with E-state index in [1.54, 1.807) is 0 Å². The third kappa shape index (κ3) is 3.73. The van der Waals surface area contributed by atoms with Crippen molar-refractivity contribution in [3.05, 3.63) is 0 Å². The molecular formula is C10H19NOS2. The predicted molar refractivity (Wildman–Crippen MR) is 66.1 cm³/mol. The van der Waals surface area contributed by atoms with E-state index in [9.17, 15) is 4.79 Å².